The number of piperidine rings is 2. The van der Waals surface area contributed by atoms with E-state index in [4.69, 9.17) is 9.47 Å². The molecule has 0 aliphatic carbocycles. The van der Waals surface area contributed by atoms with Crippen molar-refractivity contribution in [2.75, 3.05) is 0 Å². The molecule has 8 nitrogen and oxygen atoms in total. The molecule has 0 bridgehead atoms. The number of ether oxygens (including phenoxy) is 2. The summed E-state index contributed by atoms with van der Waals surface area (Å²) in [6, 6.07) is 0. The second-order valence-corrected chi connectivity index (χ2v) is 13.5. The van der Waals surface area contributed by atoms with Crippen LogP contribution in [0, 0.1) is 0 Å². The van der Waals surface area contributed by atoms with Crippen molar-refractivity contribution < 1.29 is 29.5 Å². The average Bonchev–Trinajstić information content (AvgIpc) is 2.78. The number of unbranched alkanes of at least 4 members (excludes halogenated alkanes) is 5. The van der Waals surface area contributed by atoms with Crippen molar-refractivity contribution in [2.24, 2.45) is 0 Å². The molecule has 224 valence electrons. The molecule has 2 saturated heterocycles. The molecular formula is C30H58N2O6. The van der Waals surface area contributed by atoms with Gasteiger partial charge in [-0.15, -0.1) is 0 Å². The Morgan fingerprint density at radius 1 is 0.579 bits per heavy atom. The van der Waals surface area contributed by atoms with E-state index in [2.05, 4.69) is 0 Å². The second kappa shape index (κ2) is 14.4. The normalized spacial score (nSPS) is 23.3. The number of carbonyl (C=O) groups excluding carboxylic acids is 2. The van der Waals surface area contributed by atoms with Gasteiger partial charge < -0.3 is 19.9 Å². The van der Waals surface area contributed by atoms with E-state index in [9.17, 15) is 20.0 Å². The number of hydroxylamine groups is 4. The van der Waals surface area contributed by atoms with Crippen molar-refractivity contribution in [1.29, 1.82) is 0 Å². The van der Waals surface area contributed by atoms with Gasteiger partial charge in [0.05, 0.1) is 0 Å². The van der Waals surface area contributed by atoms with Crippen LogP contribution in [0.5, 0.6) is 0 Å². The molecule has 2 aliphatic heterocycles. The predicted molar refractivity (Wildman–Crippen MR) is 150 cm³/mol. The minimum absolute atomic E-state index is 0.154. The van der Waals surface area contributed by atoms with Gasteiger partial charge in [-0.2, -0.15) is 10.1 Å². The fourth-order valence-corrected chi connectivity index (χ4v) is 6.26. The van der Waals surface area contributed by atoms with Gasteiger partial charge in [-0.3, -0.25) is 9.59 Å². The summed E-state index contributed by atoms with van der Waals surface area (Å²) in [6.07, 6.45) is 8.61. The molecule has 2 N–H and O–H groups in total. The number of carbonyl (C=O) groups is 2. The Morgan fingerprint density at radius 3 is 1.08 bits per heavy atom. The van der Waals surface area contributed by atoms with Crippen molar-refractivity contribution in [1.82, 2.24) is 10.1 Å². The van der Waals surface area contributed by atoms with E-state index in [0.29, 0.717) is 38.5 Å². The summed E-state index contributed by atoms with van der Waals surface area (Å²) in [5.74, 6) is -0.307. The summed E-state index contributed by atoms with van der Waals surface area (Å²) in [5, 5.41) is 23.6. The van der Waals surface area contributed by atoms with E-state index in [1.165, 1.54) is 10.1 Å². The molecule has 0 aromatic carbocycles. The van der Waals surface area contributed by atoms with Gasteiger partial charge in [0.2, 0.25) is 0 Å². The summed E-state index contributed by atoms with van der Waals surface area (Å²) in [6.45, 7) is 19.7. The van der Waals surface area contributed by atoms with Gasteiger partial charge in [0, 0.05) is 60.7 Å². The third kappa shape index (κ3) is 10.4. The zero-order valence-electron chi connectivity index (χ0n) is 26.1. The molecule has 0 atom stereocenters. The van der Waals surface area contributed by atoms with Gasteiger partial charge in [-0.25, -0.2) is 0 Å². The quantitative estimate of drug-likeness (QED) is 0.212. The van der Waals surface area contributed by atoms with E-state index in [1.807, 2.05) is 69.2 Å². The zero-order chi connectivity index (χ0) is 29.4. The first kappa shape index (κ1) is 34.8. The molecule has 2 heterocycles. The van der Waals surface area contributed by atoms with Gasteiger partial charge in [-0.1, -0.05) is 39.5 Å². The van der Waals surface area contributed by atoms with Crippen molar-refractivity contribution in [2.45, 2.75) is 181 Å². The number of rotatable bonds is 11. The van der Waals surface area contributed by atoms with Crippen LogP contribution in [-0.4, -0.2) is 66.8 Å². The van der Waals surface area contributed by atoms with Crippen LogP contribution < -0.4 is 0 Å². The average molecular weight is 543 g/mol. The Morgan fingerprint density at radius 2 is 0.816 bits per heavy atom. The lowest BCUT2D eigenvalue weighted by molar-refractivity contribution is -0.259. The van der Waals surface area contributed by atoms with E-state index in [1.54, 1.807) is 0 Å². The topological polar surface area (TPSA) is 99.5 Å². The predicted octanol–water partition coefficient (Wildman–Crippen LogP) is 7.04. The third-order valence-electron chi connectivity index (χ3n) is 7.81. The van der Waals surface area contributed by atoms with Gasteiger partial charge in [-0.05, 0) is 68.2 Å². The fraction of sp³-hybridized carbons (Fsp3) is 0.933. The Balaban J connectivity index is 0.00000352. The maximum atomic E-state index is 12.3. The summed E-state index contributed by atoms with van der Waals surface area (Å²) >= 11 is 0. The summed E-state index contributed by atoms with van der Waals surface area (Å²) in [4.78, 5) is 24.6. The van der Waals surface area contributed by atoms with Crippen LogP contribution in [0.15, 0.2) is 0 Å². The van der Waals surface area contributed by atoms with Crippen LogP contribution in [0.25, 0.3) is 0 Å². The molecule has 0 aromatic heterocycles. The van der Waals surface area contributed by atoms with E-state index in [0.717, 1.165) is 38.5 Å². The van der Waals surface area contributed by atoms with Crippen molar-refractivity contribution in [3.05, 3.63) is 0 Å². The first-order valence-corrected chi connectivity index (χ1v) is 14.8. The minimum atomic E-state index is -0.427. The van der Waals surface area contributed by atoms with Crippen molar-refractivity contribution in [3.63, 3.8) is 0 Å². The highest BCUT2D eigenvalue weighted by molar-refractivity contribution is 5.69. The first-order valence-electron chi connectivity index (χ1n) is 14.8. The molecule has 0 aromatic rings. The monoisotopic (exact) mass is 542 g/mol. The molecule has 0 unspecified atom stereocenters. The lowest BCUT2D eigenvalue weighted by atomic mass is 9.80. The van der Waals surface area contributed by atoms with Crippen LogP contribution in [0.3, 0.4) is 0 Å². The van der Waals surface area contributed by atoms with Crippen LogP contribution in [-0.2, 0) is 19.1 Å². The van der Waals surface area contributed by atoms with Gasteiger partial charge in [0.1, 0.15) is 12.2 Å². The van der Waals surface area contributed by atoms with Crippen molar-refractivity contribution >= 4 is 11.9 Å². The second-order valence-electron chi connectivity index (χ2n) is 13.5. The van der Waals surface area contributed by atoms with E-state index < -0.39 is 22.2 Å². The number of hydrogen-bond acceptors (Lipinski definition) is 8. The summed E-state index contributed by atoms with van der Waals surface area (Å²) in [5.41, 5.74) is -1.71. The molecule has 0 amide bonds. The number of hydrogen-bond donors (Lipinski definition) is 2. The molecule has 38 heavy (non-hydrogen) atoms. The molecular weight excluding hydrogens is 484 g/mol. The van der Waals surface area contributed by atoms with Crippen LogP contribution in [0.4, 0.5) is 0 Å². The van der Waals surface area contributed by atoms with Crippen LogP contribution >= 0.6 is 0 Å². The van der Waals surface area contributed by atoms with E-state index in [-0.39, 0.29) is 24.1 Å². The molecule has 2 aliphatic rings. The highest BCUT2D eigenvalue weighted by Crippen LogP contribution is 2.39. The van der Waals surface area contributed by atoms with Crippen LogP contribution in [0.1, 0.15) is 146 Å². The Labute approximate surface area is 232 Å². The minimum Gasteiger partial charge on any atom is -0.462 e. The molecule has 0 spiro atoms. The van der Waals surface area contributed by atoms with E-state index >= 15 is 0 Å². The first-order chi connectivity index (χ1) is 17.5. The Kier molecular flexibility index (Phi) is 13.2. The number of nitrogens with zero attached hydrogens (tertiary/aromatic N) is 2. The standard InChI is InChI=1S/C28H52N2O6.C2H6/c1-25(2)17-21(18-26(3,4)29(25)33)35-23(31)15-13-11-9-10-12-14-16-24(32)36-22-19-27(5,6)30(34)28(7,8)20-22;1-2/h21-22,33-34H,9-20H2,1-8H3;1-2H3. The Bertz CT molecular complexity index is 651. The maximum absolute atomic E-state index is 12.3. The molecule has 0 saturated carbocycles. The molecule has 0 radical (unpaired) electrons. The van der Waals surface area contributed by atoms with Crippen molar-refractivity contribution in [3.8, 4) is 0 Å². The van der Waals surface area contributed by atoms with Gasteiger partial charge in [0.25, 0.3) is 0 Å². The fourth-order valence-electron chi connectivity index (χ4n) is 6.26. The zero-order valence-corrected chi connectivity index (χ0v) is 26.1. The maximum Gasteiger partial charge on any atom is 0.306 e. The highest BCUT2D eigenvalue weighted by atomic mass is 16.6. The summed E-state index contributed by atoms with van der Waals surface area (Å²) in [7, 11) is 0. The van der Waals surface area contributed by atoms with Gasteiger partial charge in [0.15, 0.2) is 0 Å². The smallest absolute Gasteiger partial charge is 0.306 e. The summed E-state index contributed by atoms with van der Waals surface area (Å²) < 4.78 is 11.5. The van der Waals surface area contributed by atoms with Crippen LogP contribution in [0.2, 0.25) is 0 Å². The van der Waals surface area contributed by atoms with Gasteiger partial charge >= 0.3 is 11.9 Å². The third-order valence-corrected chi connectivity index (χ3v) is 7.81. The lowest BCUT2D eigenvalue weighted by Gasteiger charge is -2.50. The largest absolute Gasteiger partial charge is 0.462 e. The number of esters is 2. The highest BCUT2D eigenvalue weighted by Gasteiger charge is 2.47. The molecule has 8 heteroatoms. The lowest BCUT2D eigenvalue weighted by Crippen LogP contribution is -2.60. The SMILES string of the molecule is CC.CC1(C)CC(OC(=O)CCCCCCCCC(=O)OC2CC(C)(C)N(O)C(C)(C)C2)CC(C)(C)N1O. The molecule has 2 rings (SSSR count). The Hall–Kier alpha value is -1.22. The molecule has 2 fully saturated rings.